The molecule has 5 nitrogen and oxygen atoms in total. The number of rotatable bonds is 3. The van der Waals surface area contributed by atoms with Crippen molar-refractivity contribution in [3.05, 3.63) is 66.5 Å². The third-order valence-electron chi connectivity index (χ3n) is 5.52. The molecule has 3 heterocycles. The molecule has 1 aliphatic rings. The molecule has 2 aromatic heterocycles. The summed E-state index contributed by atoms with van der Waals surface area (Å²) in [6.45, 7) is 4.12. The molecule has 0 amide bonds. The number of H-pyrrole nitrogens is 1. The number of fused-ring (bicyclic) bond motifs is 1. The van der Waals surface area contributed by atoms with Crippen LogP contribution >= 0.6 is 12.4 Å². The van der Waals surface area contributed by atoms with Gasteiger partial charge in [-0.3, -0.25) is 0 Å². The lowest BCUT2D eigenvalue weighted by Crippen LogP contribution is -2.30. The van der Waals surface area contributed by atoms with Gasteiger partial charge in [0, 0.05) is 18.7 Å². The molecule has 0 radical (unpaired) electrons. The van der Waals surface area contributed by atoms with Crippen molar-refractivity contribution in [3.8, 4) is 22.4 Å². The van der Waals surface area contributed by atoms with Crippen LogP contribution in [0, 0.1) is 6.92 Å². The van der Waals surface area contributed by atoms with Crippen LogP contribution in [0.15, 0.2) is 60.7 Å². The molecule has 156 valence electrons. The number of piperidine rings is 1. The highest BCUT2D eigenvalue weighted by Gasteiger charge is 2.23. The number of nitrogens with zero attached hydrogens (tertiary/aromatic N) is 3. The number of aryl methyl sites for hydroxylation is 1. The Balaban J connectivity index is 0.00000128. The zero-order valence-corrected chi connectivity index (χ0v) is 17.9. The molecule has 0 atom stereocenters. The Kier molecular flexibility index (Phi) is 6.75. The minimum absolute atomic E-state index is 0. The van der Waals surface area contributed by atoms with Gasteiger partial charge in [-0.1, -0.05) is 60.7 Å². The van der Waals surface area contributed by atoms with Crippen molar-refractivity contribution in [1.29, 1.82) is 0 Å². The predicted molar refractivity (Wildman–Crippen MR) is 126 cm³/mol. The van der Waals surface area contributed by atoms with Crippen molar-refractivity contribution in [2.24, 2.45) is 0 Å². The first-order chi connectivity index (χ1) is 13.8. The first kappa shape index (κ1) is 21.8. The van der Waals surface area contributed by atoms with E-state index in [-0.39, 0.29) is 17.9 Å². The van der Waals surface area contributed by atoms with Crippen molar-refractivity contribution >= 4 is 29.3 Å². The number of aromatic nitrogens is 3. The van der Waals surface area contributed by atoms with Crippen molar-refractivity contribution in [2.75, 3.05) is 18.0 Å². The van der Waals surface area contributed by atoms with E-state index in [0.29, 0.717) is 0 Å². The first-order valence-electron chi connectivity index (χ1n) is 10.1. The van der Waals surface area contributed by atoms with E-state index in [4.69, 9.17) is 9.97 Å². The van der Waals surface area contributed by atoms with Crippen molar-refractivity contribution in [2.45, 2.75) is 26.2 Å². The number of benzene rings is 2. The molecule has 0 aliphatic carbocycles. The van der Waals surface area contributed by atoms with Gasteiger partial charge >= 0.3 is 0 Å². The van der Waals surface area contributed by atoms with Gasteiger partial charge in [0.25, 0.3) is 0 Å². The zero-order chi connectivity index (χ0) is 18.9. The van der Waals surface area contributed by atoms with Gasteiger partial charge < -0.3 is 15.4 Å². The van der Waals surface area contributed by atoms with Crippen molar-refractivity contribution in [3.63, 3.8) is 0 Å². The van der Waals surface area contributed by atoms with E-state index in [9.17, 15) is 0 Å². The molecule has 0 saturated carbocycles. The Morgan fingerprint density at radius 3 is 2.03 bits per heavy atom. The van der Waals surface area contributed by atoms with Crippen LogP contribution in [-0.4, -0.2) is 33.5 Å². The zero-order valence-electron chi connectivity index (χ0n) is 17.1. The minimum atomic E-state index is 0. The summed E-state index contributed by atoms with van der Waals surface area (Å²) in [5.74, 6) is 1.87. The number of anilines is 1. The average Bonchev–Trinajstić information content (AvgIpc) is 3.14. The fourth-order valence-corrected chi connectivity index (χ4v) is 4.20. The molecule has 2 aromatic carbocycles. The van der Waals surface area contributed by atoms with Gasteiger partial charge in [0.2, 0.25) is 0 Å². The molecule has 3 N–H and O–H groups in total. The maximum absolute atomic E-state index is 4.88. The molecular weight excluding hydrogens is 396 g/mol. The predicted octanol–water partition coefficient (Wildman–Crippen LogP) is 5.19. The second-order valence-corrected chi connectivity index (χ2v) is 7.47. The molecule has 1 aliphatic heterocycles. The van der Waals surface area contributed by atoms with Crippen LogP contribution in [0.25, 0.3) is 33.4 Å². The Labute approximate surface area is 182 Å². The molecule has 1 saturated heterocycles. The lowest BCUT2D eigenvalue weighted by molar-refractivity contribution is 0.574. The summed E-state index contributed by atoms with van der Waals surface area (Å²) < 4.78 is 0. The lowest BCUT2D eigenvalue weighted by atomic mass is 10.0. The molecule has 30 heavy (non-hydrogen) atoms. The van der Waals surface area contributed by atoms with E-state index in [1.54, 1.807) is 0 Å². The third-order valence-corrected chi connectivity index (χ3v) is 5.52. The van der Waals surface area contributed by atoms with Crippen LogP contribution in [-0.2, 0) is 0 Å². The van der Waals surface area contributed by atoms with E-state index < -0.39 is 0 Å². The lowest BCUT2D eigenvalue weighted by Gasteiger charge is -2.28. The Morgan fingerprint density at radius 2 is 1.40 bits per heavy atom. The van der Waals surface area contributed by atoms with Gasteiger partial charge in [-0.25, -0.2) is 9.97 Å². The van der Waals surface area contributed by atoms with Crippen LogP contribution in [0.2, 0.25) is 0 Å². The standard InChI is InChI=1S/C24H24N4.ClH.H2O/c1-17-25-22-20(18-11-5-2-6-12-18)21(19-13-7-3-8-14-19)27-23(22)24(26-17)28-15-9-4-10-16-28;;/h2-3,5-8,11-14,27H,4,9-10,15-16H2,1H3;1H;1H2. The van der Waals surface area contributed by atoms with E-state index in [1.165, 1.54) is 30.4 Å². The molecule has 0 unspecified atom stereocenters. The van der Waals surface area contributed by atoms with Crippen molar-refractivity contribution in [1.82, 2.24) is 15.0 Å². The van der Waals surface area contributed by atoms with E-state index >= 15 is 0 Å². The van der Waals surface area contributed by atoms with E-state index in [1.807, 2.05) is 6.92 Å². The van der Waals surface area contributed by atoms with Crippen LogP contribution in [0.5, 0.6) is 0 Å². The largest absolute Gasteiger partial charge is 0.412 e. The highest BCUT2D eigenvalue weighted by molar-refractivity contribution is 6.05. The molecule has 0 spiro atoms. The normalized spacial score (nSPS) is 13.6. The topological polar surface area (TPSA) is 76.3 Å². The van der Waals surface area contributed by atoms with Gasteiger partial charge in [-0.05, 0) is 37.3 Å². The summed E-state index contributed by atoms with van der Waals surface area (Å²) in [7, 11) is 0. The fourth-order valence-electron chi connectivity index (χ4n) is 4.20. The number of halogens is 1. The van der Waals surface area contributed by atoms with Gasteiger partial charge in [0.1, 0.15) is 16.9 Å². The van der Waals surface area contributed by atoms with Gasteiger partial charge in [0.05, 0.1) is 5.69 Å². The molecule has 4 aromatic rings. The summed E-state index contributed by atoms with van der Waals surface area (Å²) in [5, 5.41) is 0. The highest BCUT2D eigenvalue weighted by Crippen LogP contribution is 2.40. The monoisotopic (exact) mass is 422 g/mol. The van der Waals surface area contributed by atoms with E-state index in [0.717, 1.165) is 47.0 Å². The first-order valence-corrected chi connectivity index (χ1v) is 10.1. The smallest absolute Gasteiger partial charge is 0.156 e. The quantitative estimate of drug-likeness (QED) is 0.493. The third kappa shape index (κ3) is 3.91. The summed E-state index contributed by atoms with van der Waals surface area (Å²) in [4.78, 5) is 15.9. The molecule has 5 rings (SSSR count). The summed E-state index contributed by atoms with van der Waals surface area (Å²) in [6, 6.07) is 21.1. The van der Waals surface area contributed by atoms with Crippen LogP contribution in [0.1, 0.15) is 25.1 Å². The Hall–Kier alpha value is -2.89. The highest BCUT2D eigenvalue weighted by atomic mass is 35.5. The van der Waals surface area contributed by atoms with Gasteiger partial charge in [-0.2, -0.15) is 0 Å². The Morgan fingerprint density at radius 1 is 0.800 bits per heavy atom. The number of aromatic amines is 1. The average molecular weight is 423 g/mol. The number of hydrogen-bond donors (Lipinski definition) is 1. The summed E-state index contributed by atoms with van der Waals surface area (Å²) in [6.07, 6.45) is 3.75. The van der Waals surface area contributed by atoms with E-state index in [2.05, 4.69) is 70.5 Å². The van der Waals surface area contributed by atoms with Crippen LogP contribution < -0.4 is 4.90 Å². The summed E-state index contributed by atoms with van der Waals surface area (Å²) in [5.41, 5.74) is 6.67. The minimum Gasteiger partial charge on any atom is -0.412 e. The fraction of sp³-hybridized carbons (Fsp3) is 0.250. The number of nitrogens with one attached hydrogen (secondary N) is 1. The maximum Gasteiger partial charge on any atom is 0.156 e. The second kappa shape index (κ2) is 9.28. The maximum atomic E-state index is 4.88. The molecular formula is C24H27ClN4O. The van der Waals surface area contributed by atoms with Gasteiger partial charge in [-0.15, -0.1) is 12.4 Å². The van der Waals surface area contributed by atoms with Gasteiger partial charge in [0.15, 0.2) is 5.82 Å². The Bertz CT molecular complexity index is 1110. The molecule has 1 fully saturated rings. The SMILES string of the molecule is Cc1nc(N2CCCCC2)c2[nH]c(-c3ccccc3)c(-c3ccccc3)c2n1.Cl.O. The van der Waals surface area contributed by atoms with Crippen LogP contribution in [0.3, 0.4) is 0 Å². The summed E-state index contributed by atoms with van der Waals surface area (Å²) >= 11 is 0. The number of hydrogen-bond acceptors (Lipinski definition) is 3. The molecule has 6 heteroatoms. The molecule has 0 bridgehead atoms. The van der Waals surface area contributed by atoms with Crippen molar-refractivity contribution < 1.29 is 5.48 Å². The van der Waals surface area contributed by atoms with Crippen LogP contribution in [0.4, 0.5) is 5.82 Å². The second-order valence-electron chi connectivity index (χ2n) is 7.47.